The third kappa shape index (κ3) is 6.27. The molecule has 1 aliphatic carbocycles. The van der Waals surface area contributed by atoms with E-state index in [0.717, 1.165) is 17.2 Å². The summed E-state index contributed by atoms with van der Waals surface area (Å²) >= 11 is 0. The van der Waals surface area contributed by atoms with E-state index in [1.165, 1.54) is 48.5 Å². The Morgan fingerprint density at radius 1 is 0.846 bits per heavy atom. The smallest absolute Gasteiger partial charge is 0.413 e. The Morgan fingerprint density at radius 3 is 1.96 bits per heavy atom. The van der Waals surface area contributed by atoms with Crippen LogP contribution in [0.15, 0.2) is 108 Å². The number of diazo groups is 1. The molecule has 1 N–H and O–H groups in total. The third-order valence-corrected chi connectivity index (χ3v) is 11.3. The van der Waals surface area contributed by atoms with Crippen molar-refractivity contribution in [1.82, 2.24) is 0 Å². The fourth-order valence-corrected chi connectivity index (χ4v) is 8.92. The molecule has 5 aromatic carbocycles. The zero-order valence-corrected chi connectivity index (χ0v) is 29.7. The summed E-state index contributed by atoms with van der Waals surface area (Å²) in [4.78, 5) is 18.0. The molecule has 0 bridgehead atoms. The predicted octanol–water partition coefficient (Wildman–Crippen LogP) is 6.95. The van der Waals surface area contributed by atoms with E-state index in [9.17, 15) is 36.7 Å². The Labute approximate surface area is 299 Å². The van der Waals surface area contributed by atoms with Gasteiger partial charge in [-0.15, -0.1) is 0 Å². The summed E-state index contributed by atoms with van der Waals surface area (Å²) in [6.07, 6.45) is 1.64. The van der Waals surface area contributed by atoms with Gasteiger partial charge in [0.15, 0.2) is 4.98 Å². The van der Waals surface area contributed by atoms with Gasteiger partial charge in [0.1, 0.15) is 20.8 Å². The molecule has 0 fully saturated rings. The van der Waals surface area contributed by atoms with Crippen molar-refractivity contribution in [2.24, 2.45) is 5.92 Å². The van der Waals surface area contributed by atoms with Crippen molar-refractivity contribution in [1.29, 1.82) is 10.9 Å². The van der Waals surface area contributed by atoms with Crippen molar-refractivity contribution in [3.05, 3.63) is 130 Å². The van der Waals surface area contributed by atoms with E-state index in [4.69, 9.17) is 9.71 Å². The van der Waals surface area contributed by atoms with Crippen molar-refractivity contribution >= 4 is 53.1 Å². The predicted molar refractivity (Wildman–Crippen MR) is 190 cm³/mol. The molecule has 1 aliphatic rings. The summed E-state index contributed by atoms with van der Waals surface area (Å²) in [5, 5.41) is 22.9. The first-order chi connectivity index (χ1) is 24.6. The summed E-state index contributed by atoms with van der Waals surface area (Å²) in [5.41, 5.74) is 7.43. The second-order valence-corrected chi connectivity index (χ2v) is 15.8. The third-order valence-electron chi connectivity index (χ3n) is 9.10. The van der Waals surface area contributed by atoms with Gasteiger partial charge in [-0.2, -0.15) is 8.42 Å². The molecule has 5 aromatic rings. The van der Waals surface area contributed by atoms with Crippen LogP contribution in [0.5, 0.6) is 11.5 Å². The number of Topliss-reactive ketones (excluding diaryl/α,β-unsaturated/α-hetero) is 1. The van der Waals surface area contributed by atoms with Crippen molar-refractivity contribution in [3.8, 4) is 22.6 Å². The van der Waals surface area contributed by atoms with Crippen LogP contribution in [0, 0.1) is 16.8 Å². The molecular formula is C38H30N4O8S2. The highest BCUT2D eigenvalue weighted by atomic mass is 32.2. The van der Waals surface area contributed by atoms with Gasteiger partial charge in [0.2, 0.25) is 5.39 Å². The molecule has 1 atom stereocenters. The normalized spacial score (nSPS) is 14.3. The first-order valence-corrected chi connectivity index (χ1v) is 18.7. The van der Waals surface area contributed by atoms with Crippen LogP contribution in [0.2, 0.25) is 0 Å². The lowest BCUT2D eigenvalue weighted by Crippen LogP contribution is -2.26. The highest BCUT2D eigenvalue weighted by Crippen LogP contribution is 2.48. The summed E-state index contributed by atoms with van der Waals surface area (Å²) < 4.78 is 70.3. The second-order valence-electron chi connectivity index (χ2n) is 12.9. The highest BCUT2D eigenvalue weighted by Gasteiger charge is 2.38. The lowest BCUT2D eigenvalue weighted by atomic mass is 9.71. The van der Waals surface area contributed by atoms with Gasteiger partial charge in [-0.25, -0.2) is 8.42 Å². The van der Waals surface area contributed by atoms with Gasteiger partial charge >= 0.3 is 21.5 Å². The van der Waals surface area contributed by atoms with E-state index >= 15 is 0 Å². The van der Waals surface area contributed by atoms with Crippen molar-refractivity contribution in [3.63, 3.8) is 0 Å². The molecule has 0 aliphatic heterocycles. The van der Waals surface area contributed by atoms with Crippen molar-refractivity contribution in [2.75, 3.05) is 0 Å². The summed E-state index contributed by atoms with van der Waals surface area (Å²) in [6, 6.07) is 24.9. The highest BCUT2D eigenvalue weighted by molar-refractivity contribution is 7.96. The molecule has 0 saturated carbocycles. The molecule has 0 heterocycles. The zero-order valence-electron chi connectivity index (χ0n) is 28.0. The topological polar surface area (TPSA) is 207 Å². The molecular weight excluding hydrogens is 705 g/mol. The average molecular weight is 735 g/mol. The number of nitrogens with one attached hydrogen (secondary N) is 1. The number of rotatable bonds is 9. The minimum Gasteiger partial charge on any atom is -0.867 e. The number of carbonyl (C=O) groups excluding carboxylic acids is 1. The minimum absolute atomic E-state index is 0.00185. The number of nitrogens with zero attached hydrogens (tertiary/aromatic N) is 3. The SMILES string of the molecule is CC(C)CC(C)(c1ccc(OS(=O)(=O)C2=CC(=[N+]=N)C(=O)c3ccccc32)cc1)c1ccc(-c2c([N+]#N)c([O-])c3ccccc3c2S(=O)(=O)[O-])cc1. The molecule has 52 heavy (non-hydrogen) atoms. The maximum atomic E-state index is 13.5. The molecule has 0 aromatic heterocycles. The van der Waals surface area contributed by atoms with Crippen LogP contribution >= 0.6 is 0 Å². The second kappa shape index (κ2) is 13.3. The van der Waals surface area contributed by atoms with Gasteiger partial charge in [0.05, 0.1) is 26.9 Å². The average Bonchev–Trinajstić information content (AvgIpc) is 3.11. The van der Waals surface area contributed by atoms with Gasteiger partial charge in [0.25, 0.3) is 5.78 Å². The molecule has 12 nitrogen and oxygen atoms in total. The number of ketones is 1. The fraction of sp³-hybridized carbons (Fsp3) is 0.158. The van der Waals surface area contributed by atoms with Crippen LogP contribution in [-0.2, 0) is 25.7 Å². The van der Waals surface area contributed by atoms with E-state index in [1.54, 1.807) is 48.5 Å². The Hall–Kier alpha value is -5.97. The van der Waals surface area contributed by atoms with Crippen molar-refractivity contribution < 1.29 is 40.3 Å². The van der Waals surface area contributed by atoms with E-state index in [0.29, 0.717) is 6.42 Å². The van der Waals surface area contributed by atoms with Crippen LogP contribution < -0.4 is 9.29 Å². The summed E-state index contributed by atoms with van der Waals surface area (Å²) in [6.45, 7) is 6.07. The Balaban J connectivity index is 1.38. The Bertz CT molecular complexity index is 2640. The summed E-state index contributed by atoms with van der Waals surface area (Å²) in [7, 11) is -9.62. The Kier molecular flexibility index (Phi) is 9.16. The number of allylic oxidation sites excluding steroid dienone is 1. The fourth-order valence-electron chi connectivity index (χ4n) is 6.85. The van der Waals surface area contributed by atoms with Gasteiger partial charge in [-0.05, 0) is 57.7 Å². The molecule has 262 valence electrons. The van der Waals surface area contributed by atoms with E-state index in [1.807, 2.05) is 20.8 Å². The number of hydrogen-bond acceptors (Lipinski definition) is 10. The number of fused-ring (bicyclic) bond motifs is 2. The van der Waals surface area contributed by atoms with Crippen LogP contribution in [0.25, 0.3) is 31.8 Å². The lowest BCUT2D eigenvalue weighted by molar-refractivity contribution is -0.264. The number of carbonyl (C=O) groups is 1. The quantitative estimate of drug-likeness (QED) is 0.0546. The molecule has 6 rings (SSSR count). The van der Waals surface area contributed by atoms with Gasteiger partial charge in [0, 0.05) is 16.5 Å². The van der Waals surface area contributed by atoms with Gasteiger partial charge in [-0.3, -0.25) is 4.79 Å². The largest absolute Gasteiger partial charge is 0.867 e. The van der Waals surface area contributed by atoms with Crippen LogP contribution in [0.4, 0.5) is 5.69 Å². The first-order valence-electron chi connectivity index (χ1n) is 15.9. The molecule has 1 unspecified atom stereocenters. The van der Waals surface area contributed by atoms with Crippen LogP contribution in [0.3, 0.4) is 0 Å². The standard InChI is InChI=1S/C38H30N4O8S2/c1-22(2)21-38(3,24-14-12-23(13-15-24)33-34(42-40)36(44)29-10-6-7-11-30(29)37(33)51(45,46)47)25-16-18-26(19-17-25)50-52(48,49)32-20-31(41-39)35(43)28-9-5-4-8-27(28)32/h4-20,22,39H,21H2,1-3H3. The molecule has 14 heteroatoms. The maximum absolute atomic E-state index is 13.5. The number of hydrogen-bond donors (Lipinski definition) is 1. The molecule has 0 spiro atoms. The van der Waals surface area contributed by atoms with Crippen molar-refractivity contribution in [2.45, 2.75) is 37.5 Å². The van der Waals surface area contributed by atoms with Gasteiger partial charge in [-0.1, -0.05) is 106 Å². The monoisotopic (exact) mass is 734 g/mol. The van der Waals surface area contributed by atoms with E-state index in [-0.39, 0.29) is 55.3 Å². The zero-order chi connectivity index (χ0) is 37.6. The van der Waals surface area contributed by atoms with Crippen LogP contribution in [-0.4, -0.2) is 37.7 Å². The number of benzene rings is 5. The Morgan fingerprint density at radius 2 is 1.40 bits per heavy atom. The first kappa shape index (κ1) is 35.8. The molecule has 0 saturated heterocycles. The van der Waals surface area contributed by atoms with Gasteiger partial charge < -0.3 is 13.8 Å². The van der Waals surface area contributed by atoms with E-state index in [2.05, 4.69) is 9.77 Å². The molecule has 0 radical (unpaired) electrons. The molecule has 0 amide bonds. The van der Waals surface area contributed by atoms with Crippen LogP contribution in [0.1, 0.15) is 54.2 Å². The maximum Gasteiger partial charge on any atom is 0.413 e. The minimum atomic E-state index is -5.15. The lowest BCUT2D eigenvalue weighted by Gasteiger charge is -2.33. The summed E-state index contributed by atoms with van der Waals surface area (Å²) in [5.74, 6) is -1.13. The van der Waals surface area contributed by atoms with E-state index < -0.39 is 47.8 Å².